The standard InChI is InChI=1S/C30H32FN3O4S/c1-18-28(19(2)38-33(18)3)22-15-27-29(32-17-22)25-10-9-24(39(4,35)36)16-26(25)34(27)30(21-11-13-37-14-12-21)20-5-7-23(31)8-6-20/h5-10,15-18,21,30H,11-14H2,1-4H3/t18?,30-/m1/s1. The van der Waals surface area contributed by atoms with Gasteiger partial charge < -0.3 is 14.1 Å². The number of hydrogen-bond acceptors (Lipinski definition) is 6. The fourth-order valence-corrected chi connectivity index (χ4v) is 6.79. The molecule has 2 aliphatic rings. The summed E-state index contributed by atoms with van der Waals surface area (Å²) in [5.74, 6) is 0.735. The smallest absolute Gasteiger partial charge is 0.175 e. The van der Waals surface area contributed by atoms with Crippen molar-refractivity contribution < 1.29 is 22.4 Å². The van der Waals surface area contributed by atoms with E-state index in [1.54, 1.807) is 12.1 Å². The third kappa shape index (κ3) is 4.52. The minimum atomic E-state index is -3.44. The molecule has 204 valence electrons. The topological polar surface area (TPSA) is 73.7 Å². The molecular formula is C30H32FN3O4S. The highest BCUT2D eigenvalue weighted by atomic mass is 32.2. The van der Waals surface area contributed by atoms with Crippen molar-refractivity contribution in [2.24, 2.45) is 5.92 Å². The van der Waals surface area contributed by atoms with Crippen molar-refractivity contribution in [2.75, 3.05) is 26.5 Å². The number of pyridine rings is 1. The van der Waals surface area contributed by atoms with Crippen LogP contribution in [-0.2, 0) is 19.4 Å². The molecule has 2 aromatic carbocycles. The Morgan fingerprint density at radius 1 is 1.05 bits per heavy atom. The maximum absolute atomic E-state index is 14.0. The van der Waals surface area contributed by atoms with Gasteiger partial charge in [0.15, 0.2) is 9.84 Å². The number of ether oxygens (including phenoxy) is 1. The Hall–Kier alpha value is -3.27. The Morgan fingerprint density at radius 2 is 1.77 bits per heavy atom. The number of nitrogens with zero attached hydrogens (tertiary/aromatic N) is 3. The fourth-order valence-electron chi connectivity index (χ4n) is 6.15. The van der Waals surface area contributed by atoms with Gasteiger partial charge in [-0.2, -0.15) is 0 Å². The summed E-state index contributed by atoms with van der Waals surface area (Å²) in [6, 6.07) is 13.9. The zero-order valence-electron chi connectivity index (χ0n) is 22.5. The predicted octanol–water partition coefficient (Wildman–Crippen LogP) is 5.74. The number of aromatic nitrogens is 2. The summed E-state index contributed by atoms with van der Waals surface area (Å²) in [6.07, 6.45) is 4.76. The number of sulfone groups is 1. The number of rotatable bonds is 5. The third-order valence-electron chi connectivity index (χ3n) is 8.18. The van der Waals surface area contributed by atoms with E-state index in [-0.39, 0.29) is 28.7 Å². The molecule has 9 heteroatoms. The van der Waals surface area contributed by atoms with Crippen molar-refractivity contribution in [2.45, 2.75) is 43.7 Å². The lowest BCUT2D eigenvalue weighted by molar-refractivity contribution is -0.0883. The first kappa shape index (κ1) is 26.0. The number of likely N-dealkylation sites (N-methyl/N-ethyl adjacent to an activating group) is 1. The normalized spacial score (nSPS) is 20.2. The Balaban J connectivity index is 1.68. The molecule has 0 bridgehead atoms. The molecule has 0 N–H and O–H groups in total. The van der Waals surface area contributed by atoms with Gasteiger partial charge in [-0.3, -0.25) is 4.98 Å². The Labute approximate surface area is 227 Å². The molecule has 6 rings (SSSR count). The minimum Gasteiger partial charge on any atom is -0.410 e. The van der Waals surface area contributed by atoms with E-state index in [4.69, 9.17) is 14.6 Å². The van der Waals surface area contributed by atoms with Gasteiger partial charge in [-0.05, 0) is 74.6 Å². The van der Waals surface area contributed by atoms with Crippen molar-refractivity contribution in [1.29, 1.82) is 0 Å². The quantitative estimate of drug-likeness (QED) is 0.316. The molecule has 1 saturated heterocycles. The summed E-state index contributed by atoms with van der Waals surface area (Å²) in [7, 11) is -1.53. The number of benzene rings is 2. The van der Waals surface area contributed by atoms with Gasteiger partial charge in [0.25, 0.3) is 0 Å². The maximum Gasteiger partial charge on any atom is 0.175 e. The molecule has 2 aromatic heterocycles. The SMILES string of the molecule is CC1=C(c2cnc3c4ccc(S(C)(=O)=O)cc4n([C@H](c4ccc(F)cc4)C4CCOCC4)c3c2)C(C)N(C)O1. The van der Waals surface area contributed by atoms with Crippen LogP contribution in [0.15, 0.2) is 65.4 Å². The molecule has 0 amide bonds. The second-order valence-electron chi connectivity index (χ2n) is 10.6. The second kappa shape index (κ2) is 9.73. The van der Waals surface area contributed by atoms with Gasteiger partial charge in [-0.15, -0.1) is 5.06 Å². The highest BCUT2D eigenvalue weighted by Crippen LogP contribution is 2.42. The van der Waals surface area contributed by atoms with Crippen LogP contribution in [-0.4, -0.2) is 55.6 Å². The lowest BCUT2D eigenvalue weighted by atomic mass is 9.86. The van der Waals surface area contributed by atoms with Gasteiger partial charge in [0.2, 0.25) is 0 Å². The van der Waals surface area contributed by atoms with Crippen LogP contribution in [0, 0.1) is 11.7 Å². The zero-order chi connectivity index (χ0) is 27.5. The van der Waals surface area contributed by atoms with E-state index in [9.17, 15) is 12.8 Å². The van der Waals surface area contributed by atoms with E-state index in [2.05, 4.69) is 17.6 Å². The number of allylic oxidation sites excluding steroid dienone is 1. The average molecular weight is 550 g/mol. The van der Waals surface area contributed by atoms with Gasteiger partial charge in [0, 0.05) is 49.2 Å². The Morgan fingerprint density at radius 3 is 2.41 bits per heavy atom. The molecule has 0 radical (unpaired) electrons. The van der Waals surface area contributed by atoms with Crippen LogP contribution < -0.4 is 0 Å². The summed E-state index contributed by atoms with van der Waals surface area (Å²) in [6.45, 7) is 5.33. The van der Waals surface area contributed by atoms with Crippen LogP contribution in [0.1, 0.15) is 43.9 Å². The third-order valence-corrected chi connectivity index (χ3v) is 9.29. The average Bonchev–Trinajstić information content (AvgIpc) is 3.36. The summed E-state index contributed by atoms with van der Waals surface area (Å²) >= 11 is 0. The van der Waals surface area contributed by atoms with Crippen molar-refractivity contribution >= 4 is 37.3 Å². The largest absolute Gasteiger partial charge is 0.410 e. The van der Waals surface area contributed by atoms with Gasteiger partial charge >= 0.3 is 0 Å². The van der Waals surface area contributed by atoms with Crippen LogP contribution in [0.5, 0.6) is 0 Å². The molecule has 7 nitrogen and oxygen atoms in total. The summed E-state index contributed by atoms with van der Waals surface area (Å²) in [5, 5.41) is 2.70. The second-order valence-corrected chi connectivity index (χ2v) is 12.7. The molecule has 0 spiro atoms. The highest BCUT2D eigenvalue weighted by Gasteiger charge is 2.32. The van der Waals surface area contributed by atoms with Crippen LogP contribution in [0.2, 0.25) is 0 Å². The Bertz CT molecular complexity index is 1710. The molecule has 2 atom stereocenters. The number of fused-ring (bicyclic) bond motifs is 3. The highest BCUT2D eigenvalue weighted by molar-refractivity contribution is 7.90. The number of hydroxylamine groups is 2. The molecule has 0 saturated carbocycles. The van der Waals surface area contributed by atoms with Crippen LogP contribution in [0.4, 0.5) is 4.39 Å². The lowest BCUT2D eigenvalue weighted by Gasteiger charge is -2.33. The van der Waals surface area contributed by atoms with Crippen LogP contribution in [0.3, 0.4) is 0 Å². The van der Waals surface area contributed by atoms with Crippen molar-refractivity contribution in [3.63, 3.8) is 0 Å². The minimum absolute atomic E-state index is 0.0438. The van der Waals surface area contributed by atoms with E-state index in [0.29, 0.717) is 13.2 Å². The summed E-state index contributed by atoms with van der Waals surface area (Å²) in [4.78, 5) is 11.1. The van der Waals surface area contributed by atoms with E-state index >= 15 is 0 Å². The zero-order valence-corrected chi connectivity index (χ0v) is 23.3. The summed E-state index contributed by atoms with van der Waals surface area (Å²) < 4.78 is 47.2. The molecule has 1 fully saturated rings. The molecule has 0 aliphatic carbocycles. The molecular weight excluding hydrogens is 517 g/mol. The van der Waals surface area contributed by atoms with Gasteiger partial charge in [-0.25, -0.2) is 12.8 Å². The maximum atomic E-state index is 14.0. The number of halogens is 1. The fraction of sp³-hybridized carbons (Fsp3) is 0.367. The van der Waals surface area contributed by atoms with Gasteiger partial charge in [0.1, 0.15) is 11.6 Å². The van der Waals surface area contributed by atoms with Crippen LogP contribution >= 0.6 is 0 Å². The first-order valence-corrected chi connectivity index (χ1v) is 15.1. The van der Waals surface area contributed by atoms with E-state index < -0.39 is 9.84 Å². The monoisotopic (exact) mass is 549 g/mol. The van der Waals surface area contributed by atoms with E-state index in [1.807, 2.05) is 43.4 Å². The summed E-state index contributed by atoms with van der Waals surface area (Å²) in [5.41, 5.74) is 5.46. The van der Waals surface area contributed by atoms with Crippen molar-refractivity contribution in [3.05, 3.63) is 77.4 Å². The lowest BCUT2D eigenvalue weighted by Crippen LogP contribution is -2.27. The Kier molecular flexibility index (Phi) is 6.48. The number of hydrogen-bond donors (Lipinski definition) is 0. The first-order valence-electron chi connectivity index (χ1n) is 13.2. The molecule has 4 aromatic rings. The van der Waals surface area contributed by atoms with Crippen molar-refractivity contribution in [3.8, 4) is 0 Å². The molecule has 4 heterocycles. The first-order chi connectivity index (χ1) is 18.6. The van der Waals surface area contributed by atoms with Gasteiger partial charge in [-0.1, -0.05) is 12.1 Å². The van der Waals surface area contributed by atoms with Crippen molar-refractivity contribution in [1.82, 2.24) is 14.6 Å². The van der Waals surface area contributed by atoms with Gasteiger partial charge in [0.05, 0.1) is 33.5 Å². The van der Waals surface area contributed by atoms with E-state index in [0.717, 1.165) is 57.2 Å². The molecule has 39 heavy (non-hydrogen) atoms. The molecule has 1 unspecified atom stereocenters. The van der Waals surface area contributed by atoms with E-state index in [1.165, 1.54) is 18.4 Å². The molecule has 2 aliphatic heterocycles. The predicted molar refractivity (Wildman–Crippen MR) is 149 cm³/mol. The van der Waals surface area contributed by atoms with Crippen LogP contribution in [0.25, 0.3) is 27.5 Å².